The molecule has 0 aliphatic heterocycles. The first kappa shape index (κ1) is 32.3. The average Bonchev–Trinajstić information content (AvgIpc) is 2.96. The minimum atomic E-state index is -4.33. The van der Waals surface area contributed by atoms with Crippen molar-refractivity contribution in [1.82, 2.24) is 9.62 Å². The number of hydrogen-bond acceptors (Lipinski definition) is 10. The van der Waals surface area contributed by atoms with E-state index in [1.165, 1.54) is 33.3 Å². The molecule has 14 heteroatoms. The van der Waals surface area contributed by atoms with Crippen molar-refractivity contribution in [3.63, 3.8) is 0 Å². The van der Waals surface area contributed by atoms with Gasteiger partial charge in [0, 0.05) is 30.8 Å². The number of aliphatic hydroxyl groups excluding tert-OH is 2. The summed E-state index contributed by atoms with van der Waals surface area (Å²) in [6, 6.07) is 14.7. The number of rotatable bonds is 14. The number of nitro groups is 1. The third kappa shape index (κ3) is 7.94. The molecule has 0 bridgehead atoms. The number of ether oxygens (including phenoxy) is 2. The summed E-state index contributed by atoms with van der Waals surface area (Å²) in [5.74, 6) is -0.997. The van der Waals surface area contributed by atoms with Gasteiger partial charge in [0.15, 0.2) is 11.5 Å². The Morgan fingerprint density at radius 3 is 2.07 bits per heavy atom. The number of nitrogens with one attached hydrogen (secondary N) is 1. The summed E-state index contributed by atoms with van der Waals surface area (Å²) in [4.78, 5) is 23.4. The minimum absolute atomic E-state index is 0.0167. The van der Waals surface area contributed by atoms with Crippen LogP contribution < -0.4 is 14.8 Å². The zero-order valence-corrected chi connectivity index (χ0v) is 24.0. The summed E-state index contributed by atoms with van der Waals surface area (Å²) in [5, 5.41) is 45.3. The van der Waals surface area contributed by atoms with E-state index in [4.69, 9.17) is 9.47 Å². The Bertz CT molecular complexity index is 1460. The van der Waals surface area contributed by atoms with Crippen LogP contribution in [0.5, 0.6) is 17.2 Å². The Labute approximate surface area is 243 Å². The Morgan fingerprint density at radius 1 is 1.00 bits per heavy atom. The fourth-order valence-electron chi connectivity index (χ4n) is 4.22. The molecule has 4 N–H and O–H groups in total. The zero-order chi connectivity index (χ0) is 31.0. The molecule has 3 aromatic rings. The van der Waals surface area contributed by atoms with Crippen LogP contribution in [0.1, 0.15) is 22.8 Å². The quantitative estimate of drug-likeness (QED) is 0.157. The largest absolute Gasteiger partial charge is 0.502 e. The Hall–Kier alpha value is -4.24. The highest BCUT2D eigenvalue weighted by Crippen LogP contribution is 2.37. The van der Waals surface area contributed by atoms with Gasteiger partial charge in [0.2, 0.25) is 15.8 Å². The number of methoxy groups -OCH3 is 2. The number of phenolic OH excluding ortho intramolecular Hbond substituents is 1. The summed E-state index contributed by atoms with van der Waals surface area (Å²) in [6.45, 7) is 0.457. The van der Waals surface area contributed by atoms with Crippen LogP contribution in [0.15, 0.2) is 71.6 Å². The van der Waals surface area contributed by atoms with Gasteiger partial charge in [-0.3, -0.25) is 14.9 Å². The Kier molecular flexibility index (Phi) is 10.8. The molecular formula is C28H33N3O10S. The van der Waals surface area contributed by atoms with Crippen molar-refractivity contribution in [1.29, 1.82) is 0 Å². The van der Waals surface area contributed by atoms with Crippen LogP contribution in [0.2, 0.25) is 0 Å². The molecule has 0 aromatic heterocycles. The lowest BCUT2D eigenvalue weighted by Gasteiger charge is -2.30. The molecule has 0 spiro atoms. The second-order valence-electron chi connectivity index (χ2n) is 9.49. The number of nitro benzene ring substituents is 1. The van der Waals surface area contributed by atoms with E-state index in [-0.39, 0.29) is 39.8 Å². The van der Waals surface area contributed by atoms with Crippen LogP contribution in [0.4, 0.5) is 5.69 Å². The molecule has 0 radical (unpaired) electrons. The van der Waals surface area contributed by atoms with E-state index in [2.05, 4.69) is 5.32 Å². The molecule has 0 saturated carbocycles. The summed E-state index contributed by atoms with van der Waals surface area (Å²) in [7, 11) is -1.71. The lowest BCUT2D eigenvalue weighted by atomic mass is 10.00. The maximum absolute atomic E-state index is 13.5. The molecule has 226 valence electrons. The maximum Gasteiger partial charge on any atom is 0.269 e. The van der Waals surface area contributed by atoms with E-state index in [9.17, 15) is 38.6 Å². The molecule has 0 fully saturated rings. The number of aliphatic hydroxyl groups is 2. The minimum Gasteiger partial charge on any atom is -0.502 e. The SMILES string of the molecule is COc1cc(C(=O)N[C@@H](Cc2ccccc2)[C@H](O)CN(C[C@@H](C)O)S(=O)(=O)c2ccc([N+](=O)[O-])cc2)cc(OC)c1O. The number of sulfonamides is 1. The van der Waals surface area contributed by atoms with Crippen LogP contribution in [0, 0.1) is 10.1 Å². The highest BCUT2D eigenvalue weighted by atomic mass is 32.2. The van der Waals surface area contributed by atoms with Gasteiger partial charge in [-0.1, -0.05) is 30.3 Å². The number of amides is 1. The smallest absolute Gasteiger partial charge is 0.269 e. The number of benzene rings is 3. The topological polar surface area (TPSA) is 189 Å². The highest BCUT2D eigenvalue weighted by molar-refractivity contribution is 7.89. The maximum atomic E-state index is 13.5. The van der Waals surface area contributed by atoms with Gasteiger partial charge in [0.05, 0.1) is 42.3 Å². The lowest BCUT2D eigenvalue weighted by Crippen LogP contribution is -2.51. The van der Waals surface area contributed by atoms with E-state index in [0.717, 1.165) is 34.1 Å². The number of aromatic hydroxyl groups is 1. The van der Waals surface area contributed by atoms with Crippen LogP contribution in [0.3, 0.4) is 0 Å². The number of phenols is 1. The predicted molar refractivity (Wildman–Crippen MR) is 152 cm³/mol. The summed E-state index contributed by atoms with van der Waals surface area (Å²) >= 11 is 0. The first-order chi connectivity index (χ1) is 19.9. The molecule has 42 heavy (non-hydrogen) atoms. The normalized spacial score (nSPS) is 13.7. The molecule has 0 unspecified atom stereocenters. The Balaban J connectivity index is 1.94. The van der Waals surface area contributed by atoms with E-state index in [0.29, 0.717) is 0 Å². The van der Waals surface area contributed by atoms with E-state index in [1.54, 1.807) is 30.3 Å². The van der Waals surface area contributed by atoms with Crippen LogP contribution in [0.25, 0.3) is 0 Å². The molecule has 3 atom stereocenters. The molecule has 3 rings (SSSR count). The number of non-ortho nitro benzene ring substituents is 1. The standard InChI is InChI=1S/C28H33N3O10S/c1-18(32)16-30(42(38,39)22-11-9-21(10-12-22)31(36)37)17-24(33)23(13-19-7-5-4-6-8-19)29-28(35)20-14-25(40-2)27(34)26(15-20)41-3/h4-12,14-15,18,23-24,32-34H,13,16-17H2,1-3H3,(H,29,35)/t18-,23+,24-/m1/s1. The first-order valence-corrected chi connectivity index (χ1v) is 14.2. The number of hydrogen-bond donors (Lipinski definition) is 4. The van der Waals surface area contributed by atoms with Crippen LogP contribution in [-0.4, -0.2) is 84.4 Å². The molecule has 13 nitrogen and oxygen atoms in total. The summed E-state index contributed by atoms with van der Waals surface area (Å²) in [6.07, 6.45) is -2.48. The van der Waals surface area contributed by atoms with Gasteiger partial charge in [-0.2, -0.15) is 4.31 Å². The average molecular weight is 604 g/mol. The van der Waals surface area contributed by atoms with E-state index < -0.39 is 52.2 Å². The van der Waals surface area contributed by atoms with Gasteiger partial charge in [-0.25, -0.2) is 8.42 Å². The molecule has 0 aliphatic rings. The number of nitrogens with zero attached hydrogens (tertiary/aromatic N) is 2. The predicted octanol–water partition coefficient (Wildman–Crippen LogP) is 2.09. The van der Waals surface area contributed by atoms with Crippen molar-refractivity contribution in [3.05, 3.63) is 88.0 Å². The number of carbonyl (C=O) groups excluding carboxylic acids is 1. The van der Waals surface area contributed by atoms with E-state index >= 15 is 0 Å². The van der Waals surface area contributed by atoms with Crippen LogP contribution in [-0.2, 0) is 16.4 Å². The van der Waals surface area contributed by atoms with Crippen molar-refractivity contribution in [3.8, 4) is 17.2 Å². The molecule has 0 heterocycles. The summed E-state index contributed by atoms with van der Waals surface area (Å²) in [5.41, 5.74) is 0.485. The van der Waals surface area contributed by atoms with Gasteiger partial charge in [-0.15, -0.1) is 0 Å². The second-order valence-corrected chi connectivity index (χ2v) is 11.4. The van der Waals surface area contributed by atoms with Gasteiger partial charge in [-0.05, 0) is 43.2 Å². The van der Waals surface area contributed by atoms with Gasteiger partial charge in [0.1, 0.15) is 0 Å². The monoisotopic (exact) mass is 603 g/mol. The molecule has 0 saturated heterocycles. The van der Waals surface area contributed by atoms with Crippen molar-refractivity contribution < 1.29 is 42.9 Å². The van der Waals surface area contributed by atoms with Crippen molar-refractivity contribution in [2.45, 2.75) is 36.5 Å². The van der Waals surface area contributed by atoms with E-state index in [1.807, 2.05) is 0 Å². The Morgan fingerprint density at radius 2 is 1.57 bits per heavy atom. The van der Waals surface area contributed by atoms with Crippen molar-refractivity contribution in [2.24, 2.45) is 0 Å². The van der Waals surface area contributed by atoms with Crippen molar-refractivity contribution >= 4 is 21.6 Å². The molecular weight excluding hydrogens is 570 g/mol. The third-order valence-corrected chi connectivity index (χ3v) is 8.21. The van der Waals surface area contributed by atoms with Gasteiger partial charge >= 0.3 is 0 Å². The lowest BCUT2D eigenvalue weighted by molar-refractivity contribution is -0.384. The molecule has 1 amide bonds. The third-order valence-electron chi connectivity index (χ3n) is 6.37. The highest BCUT2D eigenvalue weighted by Gasteiger charge is 2.32. The molecule has 0 aliphatic carbocycles. The second kappa shape index (κ2) is 14.1. The zero-order valence-electron chi connectivity index (χ0n) is 23.2. The fourth-order valence-corrected chi connectivity index (χ4v) is 5.76. The molecule has 3 aromatic carbocycles. The fraction of sp³-hybridized carbons (Fsp3) is 0.321. The summed E-state index contributed by atoms with van der Waals surface area (Å²) < 4.78 is 38.1. The van der Waals surface area contributed by atoms with Gasteiger partial charge in [0.25, 0.3) is 11.6 Å². The first-order valence-electron chi connectivity index (χ1n) is 12.8. The van der Waals surface area contributed by atoms with Crippen LogP contribution >= 0.6 is 0 Å². The van der Waals surface area contributed by atoms with Gasteiger partial charge < -0.3 is 30.1 Å². The number of carbonyl (C=O) groups is 1. The van der Waals surface area contributed by atoms with Crippen molar-refractivity contribution in [2.75, 3.05) is 27.3 Å².